The van der Waals surface area contributed by atoms with Gasteiger partial charge in [-0.15, -0.1) is 0 Å². The molecule has 0 radical (unpaired) electrons. The van der Waals surface area contributed by atoms with Gasteiger partial charge in [0.15, 0.2) is 0 Å². The van der Waals surface area contributed by atoms with Crippen LogP contribution in [0.3, 0.4) is 0 Å². The SMILES string of the molecule is Cc1ccc(N(c2ccc(C)cc2)c2c3ccc(C45CC6CC(CC(C6)C4)C5)cc3c(N(c3ccc(C)cc3)c3ccc(C)cc3)c3ccc(C45CC6CC(CC(C6)C4)C5)cc23)cc1. The Kier molecular flexibility index (Phi) is 8.90. The minimum atomic E-state index is 0.268. The number of hydrogen-bond donors (Lipinski definition) is 0. The number of anilines is 6. The first-order chi connectivity index (χ1) is 31.2. The Morgan fingerprint density at radius 3 is 0.812 bits per heavy atom. The molecule has 0 amide bonds. The predicted octanol–water partition coefficient (Wildman–Crippen LogP) is 17.1. The van der Waals surface area contributed by atoms with Gasteiger partial charge in [-0.25, -0.2) is 0 Å². The quantitative estimate of drug-likeness (QED) is 0.111. The predicted molar refractivity (Wildman–Crippen MR) is 269 cm³/mol. The van der Waals surface area contributed by atoms with Crippen LogP contribution >= 0.6 is 0 Å². The Morgan fingerprint density at radius 1 is 0.312 bits per heavy atom. The lowest BCUT2D eigenvalue weighted by molar-refractivity contribution is -0.00525. The minimum Gasteiger partial charge on any atom is -0.309 e. The maximum absolute atomic E-state index is 2.73. The van der Waals surface area contributed by atoms with Crippen LogP contribution in [0.25, 0.3) is 21.5 Å². The highest BCUT2D eigenvalue weighted by Crippen LogP contribution is 2.64. The molecule has 15 rings (SSSR count). The summed E-state index contributed by atoms with van der Waals surface area (Å²) in [7, 11) is 0. The van der Waals surface area contributed by atoms with Crippen LogP contribution in [0.5, 0.6) is 0 Å². The molecule has 0 unspecified atom stereocenters. The van der Waals surface area contributed by atoms with E-state index in [4.69, 9.17) is 0 Å². The number of hydrogen-bond acceptors (Lipinski definition) is 2. The van der Waals surface area contributed by atoms with Crippen LogP contribution in [0.4, 0.5) is 34.1 Å². The van der Waals surface area contributed by atoms with Crippen molar-refractivity contribution in [2.45, 2.75) is 116 Å². The Labute approximate surface area is 381 Å². The van der Waals surface area contributed by atoms with E-state index in [1.165, 1.54) is 155 Å². The van der Waals surface area contributed by atoms with Crippen molar-refractivity contribution in [2.24, 2.45) is 35.5 Å². The summed E-state index contributed by atoms with van der Waals surface area (Å²) in [6.07, 6.45) is 16.9. The van der Waals surface area contributed by atoms with Gasteiger partial charge in [-0.05, 0) is 223 Å². The molecule has 2 heteroatoms. The van der Waals surface area contributed by atoms with Crippen molar-refractivity contribution in [1.82, 2.24) is 0 Å². The third kappa shape index (κ3) is 6.32. The molecule has 8 fully saturated rings. The van der Waals surface area contributed by atoms with Gasteiger partial charge in [0.2, 0.25) is 0 Å². The van der Waals surface area contributed by atoms with Crippen LogP contribution in [0.15, 0.2) is 133 Å². The zero-order valence-electron chi connectivity index (χ0n) is 38.5. The average Bonchev–Trinajstić information content (AvgIpc) is 3.28. The lowest BCUT2D eigenvalue weighted by Gasteiger charge is -2.57. The van der Waals surface area contributed by atoms with Crippen molar-refractivity contribution in [3.8, 4) is 0 Å². The molecular formula is C62H64N2. The topological polar surface area (TPSA) is 6.48 Å². The van der Waals surface area contributed by atoms with Crippen molar-refractivity contribution in [3.05, 3.63) is 167 Å². The Hall–Kier alpha value is -5.34. The molecule has 0 heterocycles. The highest BCUT2D eigenvalue weighted by Gasteiger charge is 2.53. The van der Waals surface area contributed by atoms with E-state index in [0.717, 1.165) is 35.5 Å². The van der Waals surface area contributed by atoms with Gasteiger partial charge in [-0.3, -0.25) is 0 Å². The molecule has 8 saturated carbocycles. The van der Waals surface area contributed by atoms with Crippen LogP contribution in [-0.2, 0) is 10.8 Å². The summed E-state index contributed by atoms with van der Waals surface area (Å²) in [4.78, 5) is 5.26. The van der Waals surface area contributed by atoms with E-state index in [1.807, 2.05) is 0 Å². The molecule has 0 atom stereocenters. The van der Waals surface area contributed by atoms with Gasteiger partial charge < -0.3 is 9.80 Å². The van der Waals surface area contributed by atoms with Crippen molar-refractivity contribution < 1.29 is 0 Å². The average molecular weight is 837 g/mol. The molecule has 8 aliphatic rings. The first kappa shape index (κ1) is 39.1. The molecule has 0 spiro atoms. The monoisotopic (exact) mass is 837 g/mol. The lowest BCUT2D eigenvalue weighted by atomic mass is 9.48. The first-order valence-corrected chi connectivity index (χ1v) is 25.1. The van der Waals surface area contributed by atoms with E-state index in [1.54, 1.807) is 11.1 Å². The number of benzene rings is 7. The largest absolute Gasteiger partial charge is 0.309 e. The van der Waals surface area contributed by atoms with E-state index in [9.17, 15) is 0 Å². The summed E-state index contributed by atoms with van der Waals surface area (Å²) in [5.41, 5.74) is 16.3. The van der Waals surface area contributed by atoms with E-state index in [0.29, 0.717) is 0 Å². The fourth-order valence-electron chi connectivity index (χ4n) is 15.8. The van der Waals surface area contributed by atoms with Gasteiger partial charge in [-0.2, -0.15) is 0 Å². The molecule has 8 aliphatic carbocycles. The van der Waals surface area contributed by atoms with Gasteiger partial charge >= 0.3 is 0 Å². The van der Waals surface area contributed by atoms with E-state index in [-0.39, 0.29) is 10.8 Å². The van der Waals surface area contributed by atoms with E-state index >= 15 is 0 Å². The summed E-state index contributed by atoms with van der Waals surface area (Å²) >= 11 is 0. The first-order valence-electron chi connectivity index (χ1n) is 25.1. The lowest BCUT2D eigenvalue weighted by Crippen LogP contribution is -2.48. The molecule has 0 N–H and O–H groups in total. The zero-order valence-corrected chi connectivity index (χ0v) is 38.5. The molecular weight excluding hydrogens is 773 g/mol. The smallest absolute Gasteiger partial charge is 0.0620 e. The molecule has 64 heavy (non-hydrogen) atoms. The summed E-state index contributed by atoms with van der Waals surface area (Å²) < 4.78 is 0. The molecule has 0 aliphatic heterocycles. The summed E-state index contributed by atoms with van der Waals surface area (Å²) in [5.74, 6) is 5.29. The van der Waals surface area contributed by atoms with Crippen LogP contribution < -0.4 is 9.80 Å². The molecule has 2 nitrogen and oxygen atoms in total. The summed E-state index contributed by atoms with van der Waals surface area (Å²) in [6.45, 7) is 8.87. The van der Waals surface area contributed by atoms with Crippen molar-refractivity contribution in [3.63, 3.8) is 0 Å². The second-order valence-corrected chi connectivity index (χ2v) is 22.6. The fourth-order valence-corrected chi connectivity index (χ4v) is 15.8. The Bertz CT molecular complexity index is 2550. The molecule has 322 valence electrons. The summed E-state index contributed by atoms with van der Waals surface area (Å²) in [5, 5.41) is 5.40. The minimum absolute atomic E-state index is 0.268. The maximum atomic E-state index is 2.73. The number of nitrogens with zero attached hydrogens (tertiary/aromatic N) is 2. The Morgan fingerprint density at radius 2 is 0.562 bits per heavy atom. The standard InChI is InChI=1S/C62H64N2/c1-39-5-15-51(16-6-39)63(52-17-7-40(2)8-18-52)59-55-23-13-50(62-36-46-28-47(37-62)30-48(29-46)38-62)32-58(55)60(64(53-19-9-41(3)10-20-53)54-21-11-42(4)12-22-54)56-24-14-49(31-57(56)59)61-33-43-25-44(34-61)27-45(26-43)35-61/h5-24,31-32,43-48H,25-30,33-38H2,1-4H3. The molecule has 7 aromatic carbocycles. The van der Waals surface area contributed by atoms with Crippen LogP contribution in [0, 0.1) is 63.2 Å². The third-order valence-corrected chi connectivity index (χ3v) is 18.0. The third-order valence-electron chi connectivity index (χ3n) is 18.0. The van der Waals surface area contributed by atoms with Crippen LogP contribution in [-0.4, -0.2) is 0 Å². The zero-order chi connectivity index (χ0) is 42.9. The van der Waals surface area contributed by atoms with Crippen molar-refractivity contribution >= 4 is 55.7 Å². The maximum Gasteiger partial charge on any atom is 0.0620 e. The van der Waals surface area contributed by atoms with Crippen molar-refractivity contribution in [1.29, 1.82) is 0 Å². The van der Waals surface area contributed by atoms with Gasteiger partial charge in [-0.1, -0.05) is 95.1 Å². The highest BCUT2D eigenvalue weighted by molar-refractivity contribution is 6.23. The highest BCUT2D eigenvalue weighted by atomic mass is 15.2. The number of aryl methyl sites for hydroxylation is 4. The van der Waals surface area contributed by atoms with Crippen molar-refractivity contribution in [2.75, 3.05) is 9.80 Å². The summed E-state index contributed by atoms with van der Waals surface area (Å²) in [6, 6.07) is 53.2. The number of rotatable bonds is 8. The second kappa shape index (κ2) is 14.6. The number of fused-ring (bicyclic) bond motifs is 2. The van der Waals surface area contributed by atoms with Gasteiger partial charge in [0.05, 0.1) is 11.4 Å². The molecule has 7 aromatic rings. The fraction of sp³-hybridized carbons (Fsp3) is 0.387. The van der Waals surface area contributed by atoms with Gasteiger partial charge in [0, 0.05) is 44.3 Å². The van der Waals surface area contributed by atoms with Crippen LogP contribution in [0.1, 0.15) is 110 Å². The normalized spacial score (nSPS) is 28.6. The Balaban J connectivity index is 1.16. The van der Waals surface area contributed by atoms with E-state index < -0.39 is 0 Å². The molecule has 0 aromatic heterocycles. The second-order valence-electron chi connectivity index (χ2n) is 22.6. The molecule has 8 bridgehead atoms. The van der Waals surface area contributed by atoms with E-state index in [2.05, 4.69) is 171 Å². The van der Waals surface area contributed by atoms with Gasteiger partial charge in [0.1, 0.15) is 0 Å². The van der Waals surface area contributed by atoms with Crippen LogP contribution in [0.2, 0.25) is 0 Å². The molecule has 0 saturated heterocycles. The van der Waals surface area contributed by atoms with Gasteiger partial charge in [0.25, 0.3) is 0 Å².